The van der Waals surface area contributed by atoms with Crippen LogP contribution in [0, 0.1) is 5.41 Å². The highest BCUT2D eigenvalue weighted by Gasteiger charge is 2.52. The molecule has 0 saturated heterocycles. The Morgan fingerprint density at radius 1 is 0.637 bits per heavy atom. The van der Waals surface area contributed by atoms with Gasteiger partial charge in [-0.05, 0) is 159 Å². The number of thiol groups is 1. The standard InChI is InChI=1S/C84H68N2O2S3/c1-10-11-12-23-51(3)90-81-62-44-43-61-67-48-71(76-63-27-16-20-35-75(63)91-80(61)76)85(69-31-21-28-59-57-25-14-18-33-73(57)87-77(59)69)50(2)36-38-54(83(7,8)9)46-52-37-45-66-64(47-52)56-24-13-17-30-65(56)84(66,67)68(62)49-72(79(81)89)86(55-41-39-53(40-42-55)82(4,5)6)70-32-22-29-60-58-26-15-19-34-74(58)88-78(60)70/h10-46,48-49,89H,3,47H2,1-2,4-9H3/b11-10-,23-12-,50-36+,52-46?,54-38+. The number of furan rings is 2. The minimum absolute atomic E-state index is 0.0775. The van der Waals surface area contributed by atoms with Crippen LogP contribution in [0.2, 0.25) is 0 Å². The highest BCUT2D eigenvalue weighted by atomic mass is 32.2. The lowest BCUT2D eigenvalue weighted by Gasteiger charge is -2.40. The Bertz CT molecular complexity index is 5380. The van der Waals surface area contributed by atoms with Crippen molar-refractivity contribution in [2.24, 2.45) is 5.41 Å². The van der Waals surface area contributed by atoms with Gasteiger partial charge in [0.1, 0.15) is 11.2 Å². The lowest BCUT2D eigenvalue weighted by molar-refractivity contribution is 0.516. The smallest absolute Gasteiger partial charge is 0.159 e. The molecule has 5 heterocycles. The molecule has 6 bridgehead atoms. The molecule has 0 radical (unpaired) electrons. The maximum absolute atomic E-state index is 7.11. The Morgan fingerprint density at radius 3 is 2.04 bits per heavy atom. The van der Waals surface area contributed by atoms with E-state index >= 15 is 0 Å². The second-order valence-electron chi connectivity index (χ2n) is 26.5. The van der Waals surface area contributed by atoms with E-state index in [1.165, 1.54) is 70.3 Å². The van der Waals surface area contributed by atoms with Crippen molar-refractivity contribution in [3.8, 4) is 0 Å². The summed E-state index contributed by atoms with van der Waals surface area (Å²) in [5.74, 6) is 0. The van der Waals surface area contributed by atoms with Crippen molar-refractivity contribution in [3.63, 3.8) is 0 Å². The summed E-state index contributed by atoms with van der Waals surface area (Å²) in [6.45, 7) is 22.9. The van der Waals surface area contributed by atoms with Gasteiger partial charge in [-0.3, -0.25) is 0 Å². The Labute approximate surface area is 546 Å². The van der Waals surface area contributed by atoms with Crippen molar-refractivity contribution in [1.82, 2.24) is 0 Å². The Balaban J connectivity index is 1.10. The first-order valence-electron chi connectivity index (χ1n) is 31.5. The van der Waals surface area contributed by atoms with Gasteiger partial charge < -0.3 is 18.6 Å². The number of anilines is 5. The van der Waals surface area contributed by atoms with Gasteiger partial charge in [-0.2, -0.15) is 0 Å². The number of nitrogens with zero attached hydrogens (tertiary/aromatic N) is 2. The van der Waals surface area contributed by atoms with E-state index in [4.69, 9.17) is 28.0 Å². The van der Waals surface area contributed by atoms with E-state index in [2.05, 4.69) is 295 Å². The molecule has 1 unspecified atom stereocenters. The average Bonchev–Trinajstić information content (AvgIpc) is 1.54. The van der Waals surface area contributed by atoms with Crippen LogP contribution in [-0.4, -0.2) is 0 Å². The van der Waals surface area contributed by atoms with Crippen LogP contribution >= 0.6 is 35.7 Å². The minimum Gasteiger partial charge on any atom is -0.454 e. The zero-order valence-electron chi connectivity index (χ0n) is 52.4. The molecule has 0 saturated carbocycles. The van der Waals surface area contributed by atoms with E-state index in [-0.39, 0.29) is 10.8 Å². The summed E-state index contributed by atoms with van der Waals surface area (Å²) in [6, 6.07) is 62.6. The fourth-order valence-corrected chi connectivity index (χ4v) is 17.3. The van der Waals surface area contributed by atoms with Crippen LogP contribution in [-0.2, 0) is 10.8 Å². The molecule has 2 aliphatic heterocycles. The molecular formula is C84H68N2O2S3. The van der Waals surface area contributed by atoms with Crippen molar-refractivity contribution in [2.45, 2.75) is 82.4 Å². The van der Waals surface area contributed by atoms with Gasteiger partial charge in [0.15, 0.2) is 11.2 Å². The zero-order valence-corrected chi connectivity index (χ0v) is 54.9. The minimum atomic E-state index is -0.927. The van der Waals surface area contributed by atoms with Crippen molar-refractivity contribution < 1.29 is 8.83 Å². The first kappa shape index (κ1) is 57.0. The predicted molar refractivity (Wildman–Crippen MR) is 394 cm³/mol. The molecule has 12 aromatic rings. The van der Waals surface area contributed by atoms with Gasteiger partial charge in [0.25, 0.3) is 0 Å². The second-order valence-corrected chi connectivity index (χ2v) is 29.2. The molecule has 1 spiro atoms. The van der Waals surface area contributed by atoms with Gasteiger partial charge in [-0.1, -0.05) is 230 Å². The van der Waals surface area contributed by atoms with Crippen LogP contribution in [0.3, 0.4) is 0 Å². The summed E-state index contributed by atoms with van der Waals surface area (Å²) in [7, 11) is 0. The highest BCUT2D eigenvalue weighted by molar-refractivity contribution is 8.03. The lowest BCUT2D eigenvalue weighted by Crippen LogP contribution is -2.32. The second kappa shape index (κ2) is 21.5. The van der Waals surface area contributed by atoms with Gasteiger partial charge in [0.05, 0.1) is 28.2 Å². The number of benzene rings is 9. The molecule has 5 aliphatic rings. The van der Waals surface area contributed by atoms with Gasteiger partial charge in [0.2, 0.25) is 0 Å². The molecule has 9 aromatic carbocycles. The molecule has 91 heavy (non-hydrogen) atoms. The van der Waals surface area contributed by atoms with E-state index in [0.717, 1.165) is 110 Å². The van der Waals surface area contributed by atoms with E-state index in [0.29, 0.717) is 0 Å². The molecule has 1 atom stereocenters. The van der Waals surface area contributed by atoms with E-state index in [9.17, 15) is 0 Å². The third-order valence-corrected chi connectivity index (χ3v) is 21.8. The fraction of sp³-hybridized carbons (Fsp3) is 0.143. The summed E-state index contributed by atoms with van der Waals surface area (Å²) in [4.78, 5) is 7.65. The molecule has 3 aliphatic carbocycles. The summed E-state index contributed by atoms with van der Waals surface area (Å²) in [5, 5.41) is 6.68. The Kier molecular flexibility index (Phi) is 13.4. The first-order valence-corrected chi connectivity index (χ1v) is 33.5. The topological polar surface area (TPSA) is 32.8 Å². The van der Waals surface area contributed by atoms with Crippen LogP contribution in [0.1, 0.15) is 101 Å². The van der Waals surface area contributed by atoms with Crippen LogP contribution in [0.4, 0.5) is 28.4 Å². The zero-order chi connectivity index (χ0) is 62.2. The molecule has 0 amide bonds. The fourth-order valence-electron chi connectivity index (χ4n) is 14.7. The van der Waals surface area contributed by atoms with Crippen molar-refractivity contribution in [2.75, 3.05) is 9.80 Å². The molecule has 4 nitrogen and oxygen atoms in total. The molecular weight excluding hydrogens is 1170 g/mol. The van der Waals surface area contributed by atoms with Crippen molar-refractivity contribution in [3.05, 3.63) is 297 Å². The summed E-state index contributed by atoms with van der Waals surface area (Å²) in [6.07, 6.45) is 26.0. The lowest BCUT2D eigenvalue weighted by atomic mass is 9.64. The van der Waals surface area contributed by atoms with Crippen LogP contribution in [0.5, 0.6) is 0 Å². The van der Waals surface area contributed by atoms with Crippen LogP contribution < -0.4 is 9.80 Å². The number of thiophene rings is 1. The third-order valence-electron chi connectivity index (χ3n) is 19.0. The van der Waals surface area contributed by atoms with Gasteiger partial charge in [0, 0.05) is 67.8 Å². The average molecular weight is 1230 g/mol. The molecule has 444 valence electrons. The normalized spacial score (nSPS) is 17.6. The quantitative estimate of drug-likeness (QED) is 0.0931. The first-order chi connectivity index (χ1) is 44.1. The molecule has 3 aromatic heterocycles. The molecule has 7 heteroatoms. The number of hydrogen-bond donors (Lipinski definition) is 1. The number of fused-ring (bicyclic) bond motifs is 15. The summed E-state index contributed by atoms with van der Waals surface area (Å²) >= 11 is 9.48. The predicted octanol–water partition coefficient (Wildman–Crippen LogP) is 25.1. The highest BCUT2D eigenvalue weighted by Crippen LogP contribution is 2.65. The number of allylic oxidation sites excluding steroid dienone is 14. The van der Waals surface area contributed by atoms with Crippen LogP contribution in [0.25, 0.3) is 81.8 Å². The monoisotopic (exact) mass is 1230 g/mol. The van der Waals surface area contributed by atoms with Gasteiger partial charge >= 0.3 is 0 Å². The summed E-state index contributed by atoms with van der Waals surface area (Å²) < 4.78 is 16.6. The maximum atomic E-state index is 7.11. The Morgan fingerprint density at radius 2 is 1.30 bits per heavy atom. The van der Waals surface area contributed by atoms with Gasteiger partial charge in [-0.15, -0.1) is 24.0 Å². The van der Waals surface area contributed by atoms with Crippen molar-refractivity contribution in [1.29, 1.82) is 0 Å². The number of hydrogen-bond acceptors (Lipinski definition) is 7. The number of para-hydroxylation sites is 4. The van der Waals surface area contributed by atoms with E-state index < -0.39 is 5.41 Å². The Hall–Kier alpha value is -9.24. The SMILES string of the molecule is C=C(/C=C\C=C/C)Sc1c(S)c(N(c2ccc(C(C)(C)C)cc2)c2cccc3c2oc2ccccc23)cc2c1C=Cc1c3cc(c4c1sc1ccccc14)N(c1cccc4c1oc1ccccc14)/C(C)=C/C=C(/C(C)(C)C)C=C1C=CC4=C(C1)c1ccccc1C423. The number of thioether (sulfide) groups is 1. The maximum Gasteiger partial charge on any atom is 0.159 e. The number of rotatable bonds is 8. The third kappa shape index (κ3) is 8.94. The summed E-state index contributed by atoms with van der Waals surface area (Å²) in [5.41, 5.74) is 21.5. The largest absolute Gasteiger partial charge is 0.454 e. The molecule has 17 rings (SSSR count). The molecule has 0 fully saturated rings. The van der Waals surface area contributed by atoms with E-state index in [1.54, 1.807) is 11.8 Å². The molecule has 0 N–H and O–H groups in total. The van der Waals surface area contributed by atoms with Crippen molar-refractivity contribution >= 4 is 146 Å². The van der Waals surface area contributed by atoms with Gasteiger partial charge in [-0.25, -0.2) is 0 Å². The van der Waals surface area contributed by atoms with E-state index in [1.807, 2.05) is 18.3 Å². The van der Waals surface area contributed by atoms with Crippen LogP contribution in [0.15, 0.2) is 277 Å².